The van der Waals surface area contributed by atoms with E-state index in [1.165, 1.54) is 12.1 Å². The molecule has 0 amide bonds. The van der Waals surface area contributed by atoms with Gasteiger partial charge in [-0.05, 0) is 36.8 Å². The number of rotatable bonds is 7. The molecule has 0 aliphatic carbocycles. The van der Waals surface area contributed by atoms with Gasteiger partial charge >= 0.3 is 0 Å². The lowest BCUT2D eigenvalue weighted by Gasteiger charge is -2.27. The van der Waals surface area contributed by atoms with Crippen LogP contribution < -0.4 is 9.62 Å². The zero-order valence-electron chi connectivity index (χ0n) is 17.8. The topological polar surface area (TPSA) is 101 Å². The molecule has 174 valence electrons. The zero-order chi connectivity index (χ0) is 23.6. The fourth-order valence-electron chi connectivity index (χ4n) is 3.56. The number of fused-ring (bicyclic) bond motifs is 1. The third-order valence-electron chi connectivity index (χ3n) is 5.18. The fourth-order valence-corrected chi connectivity index (χ4v) is 4.69. The lowest BCUT2D eigenvalue weighted by Crippen LogP contribution is -2.36. The molecule has 1 aliphatic heterocycles. The Kier molecular flexibility index (Phi) is 6.52. The van der Waals surface area contributed by atoms with Gasteiger partial charge in [-0.1, -0.05) is 6.92 Å². The highest BCUT2D eigenvalue weighted by molar-refractivity contribution is 7.92. The van der Waals surface area contributed by atoms with Crippen LogP contribution in [-0.2, 0) is 14.8 Å². The molecule has 0 atom stereocenters. The number of nitrogens with one attached hydrogen (secondary N) is 1. The van der Waals surface area contributed by atoms with Crippen LogP contribution in [0, 0.1) is 11.6 Å². The van der Waals surface area contributed by atoms with E-state index in [1.807, 2.05) is 4.90 Å². The van der Waals surface area contributed by atoms with Gasteiger partial charge in [0.25, 0.3) is 0 Å². The van der Waals surface area contributed by atoms with Gasteiger partial charge in [-0.3, -0.25) is 14.5 Å². The number of carbonyl (C=O) groups is 1. The van der Waals surface area contributed by atoms with Crippen LogP contribution in [0.5, 0.6) is 0 Å². The average Bonchev–Trinajstić information content (AvgIpc) is 2.80. The van der Waals surface area contributed by atoms with Crippen molar-refractivity contribution in [2.24, 2.45) is 0 Å². The van der Waals surface area contributed by atoms with E-state index in [2.05, 4.69) is 14.7 Å². The Bertz CT molecular complexity index is 1310. The van der Waals surface area contributed by atoms with Crippen LogP contribution in [0.3, 0.4) is 0 Å². The minimum absolute atomic E-state index is 0.00212. The van der Waals surface area contributed by atoms with Crippen molar-refractivity contribution < 1.29 is 26.7 Å². The molecule has 11 heteroatoms. The predicted molar refractivity (Wildman–Crippen MR) is 120 cm³/mol. The van der Waals surface area contributed by atoms with Crippen LogP contribution in [0.25, 0.3) is 11.0 Å². The number of ketones is 1. The standard InChI is InChI=1S/C22H22F2N4O4S/c1-2-11-33(30,31)27-17-6-4-15(23)20(21(17)24)22(29)14-3-5-16-18(12-14)26-19(13-25-16)28-7-9-32-10-8-28/h3-6,12-13,27H,2,7-11H2,1H3. The van der Waals surface area contributed by atoms with Gasteiger partial charge in [0, 0.05) is 18.7 Å². The molecule has 8 nitrogen and oxygen atoms in total. The van der Waals surface area contributed by atoms with Crippen LogP contribution in [0.15, 0.2) is 36.5 Å². The third kappa shape index (κ3) is 4.93. The highest BCUT2D eigenvalue weighted by Gasteiger charge is 2.24. The van der Waals surface area contributed by atoms with Crippen molar-refractivity contribution in [3.05, 3.63) is 59.3 Å². The normalized spacial score (nSPS) is 14.5. The number of hydrogen-bond donors (Lipinski definition) is 1. The van der Waals surface area contributed by atoms with E-state index >= 15 is 4.39 Å². The third-order valence-corrected chi connectivity index (χ3v) is 6.66. The fraction of sp³-hybridized carbons (Fsp3) is 0.318. The van der Waals surface area contributed by atoms with Crippen molar-refractivity contribution in [2.45, 2.75) is 13.3 Å². The Labute approximate surface area is 189 Å². The summed E-state index contributed by atoms with van der Waals surface area (Å²) in [4.78, 5) is 23.9. The minimum atomic E-state index is -3.83. The van der Waals surface area contributed by atoms with Crippen molar-refractivity contribution in [1.82, 2.24) is 9.97 Å². The molecule has 2 aromatic carbocycles. The highest BCUT2D eigenvalue weighted by atomic mass is 32.2. The van der Waals surface area contributed by atoms with Gasteiger partial charge < -0.3 is 9.64 Å². The molecule has 0 bridgehead atoms. The molecule has 1 N–H and O–H groups in total. The second-order valence-electron chi connectivity index (χ2n) is 7.57. The number of morpholine rings is 1. The van der Waals surface area contributed by atoms with Crippen molar-refractivity contribution in [1.29, 1.82) is 0 Å². The first-order valence-electron chi connectivity index (χ1n) is 10.4. The maximum absolute atomic E-state index is 15.0. The molecule has 4 rings (SSSR count). The molecule has 1 aliphatic rings. The number of carbonyl (C=O) groups excluding carboxylic acids is 1. The van der Waals surface area contributed by atoms with Crippen LogP contribution in [0.4, 0.5) is 20.3 Å². The minimum Gasteiger partial charge on any atom is -0.378 e. The second kappa shape index (κ2) is 9.36. The number of hydrogen-bond acceptors (Lipinski definition) is 7. The second-order valence-corrected chi connectivity index (χ2v) is 9.41. The summed E-state index contributed by atoms with van der Waals surface area (Å²) in [6.07, 6.45) is 1.94. The summed E-state index contributed by atoms with van der Waals surface area (Å²) in [7, 11) is -3.83. The van der Waals surface area contributed by atoms with Gasteiger partial charge in [0.2, 0.25) is 10.0 Å². The largest absolute Gasteiger partial charge is 0.378 e. The highest BCUT2D eigenvalue weighted by Crippen LogP contribution is 2.26. The molecule has 0 saturated carbocycles. The molecule has 1 fully saturated rings. The van der Waals surface area contributed by atoms with Gasteiger partial charge in [-0.25, -0.2) is 22.2 Å². The first kappa shape index (κ1) is 23.0. The van der Waals surface area contributed by atoms with Gasteiger partial charge in [0.15, 0.2) is 11.6 Å². The molecule has 1 saturated heterocycles. The van der Waals surface area contributed by atoms with E-state index in [0.717, 1.165) is 12.1 Å². The lowest BCUT2D eigenvalue weighted by atomic mass is 10.0. The van der Waals surface area contributed by atoms with Crippen LogP contribution in [-0.4, -0.2) is 56.2 Å². The molecule has 1 aromatic heterocycles. The predicted octanol–water partition coefficient (Wildman–Crippen LogP) is 3.13. The molecular weight excluding hydrogens is 454 g/mol. The summed E-state index contributed by atoms with van der Waals surface area (Å²) in [6.45, 7) is 4.08. The molecule has 0 spiro atoms. The maximum atomic E-state index is 15.0. The number of aromatic nitrogens is 2. The smallest absolute Gasteiger partial charge is 0.232 e. The van der Waals surface area contributed by atoms with Gasteiger partial charge in [0.1, 0.15) is 11.6 Å². The Morgan fingerprint density at radius 3 is 2.64 bits per heavy atom. The average molecular weight is 477 g/mol. The van der Waals surface area contributed by atoms with E-state index in [-0.39, 0.29) is 11.3 Å². The number of ether oxygens (including phenoxy) is 1. The summed E-state index contributed by atoms with van der Waals surface area (Å²) in [5.74, 6) is -2.92. The first-order valence-corrected chi connectivity index (χ1v) is 12.1. The summed E-state index contributed by atoms with van der Waals surface area (Å²) in [6, 6.07) is 6.18. The number of anilines is 2. The van der Waals surface area contributed by atoms with Crippen molar-refractivity contribution >= 4 is 38.3 Å². The number of benzene rings is 2. The monoisotopic (exact) mass is 476 g/mol. The molecule has 0 unspecified atom stereocenters. The molecular formula is C22H22F2N4O4S. The SMILES string of the molecule is CCCS(=O)(=O)Nc1ccc(F)c(C(=O)c2ccc3ncc(N4CCOCC4)nc3c2)c1F. The molecule has 2 heterocycles. The zero-order valence-corrected chi connectivity index (χ0v) is 18.7. The van der Waals surface area contributed by atoms with Crippen LogP contribution >= 0.6 is 0 Å². The summed E-state index contributed by atoms with van der Waals surface area (Å²) >= 11 is 0. The molecule has 3 aromatic rings. The van der Waals surface area contributed by atoms with Gasteiger partial charge in [-0.2, -0.15) is 0 Å². The maximum Gasteiger partial charge on any atom is 0.232 e. The van der Waals surface area contributed by atoms with Crippen molar-refractivity contribution in [2.75, 3.05) is 41.7 Å². The van der Waals surface area contributed by atoms with Crippen LogP contribution in [0.2, 0.25) is 0 Å². The van der Waals surface area contributed by atoms with Crippen LogP contribution in [0.1, 0.15) is 29.3 Å². The van der Waals surface area contributed by atoms with Gasteiger partial charge in [0.05, 0.1) is 47.4 Å². The van der Waals surface area contributed by atoms with E-state index in [4.69, 9.17) is 4.74 Å². The first-order chi connectivity index (χ1) is 15.8. The van der Waals surface area contributed by atoms with Gasteiger partial charge in [-0.15, -0.1) is 0 Å². The van der Waals surface area contributed by atoms with E-state index < -0.39 is 38.7 Å². The number of sulfonamides is 1. The summed E-state index contributed by atoms with van der Waals surface area (Å²) < 4.78 is 60.9. The van der Waals surface area contributed by atoms with E-state index in [0.29, 0.717) is 49.6 Å². The number of halogens is 2. The quantitative estimate of drug-likeness (QED) is 0.523. The van der Waals surface area contributed by atoms with E-state index in [1.54, 1.807) is 19.2 Å². The van der Waals surface area contributed by atoms with Crippen molar-refractivity contribution in [3.63, 3.8) is 0 Å². The molecule has 0 radical (unpaired) electrons. The van der Waals surface area contributed by atoms with E-state index in [9.17, 15) is 17.6 Å². The van der Waals surface area contributed by atoms with Crippen molar-refractivity contribution in [3.8, 4) is 0 Å². The Morgan fingerprint density at radius 2 is 1.91 bits per heavy atom. The Hall–Kier alpha value is -3.18. The summed E-state index contributed by atoms with van der Waals surface area (Å²) in [5, 5.41) is 0. The lowest BCUT2D eigenvalue weighted by molar-refractivity contribution is 0.103. The Balaban J connectivity index is 1.69. The Morgan fingerprint density at radius 1 is 1.15 bits per heavy atom. The summed E-state index contributed by atoms with van der Waals surface area (Å²) in [5.41, 5.74) is -0.412. The number of nitrogens with zero attached hydrogens (tertiary/aromatic N) is 3. The molecule has 33 heavy (non-hydrogen) atoms.